The molecule has 0 unspecified atom stereocenters. The molecule has 1 heterocycles. The van der Waals surface area contributed by atoms with Crippen molar-refractivity contribution in [1.29, 1.82) is 0 Å². The average molecular weight is 185 g/mol. The van der Waals surface area contributed by atoms with Crippen molar-refractivity contribution < 1.29 is 5.11 Å². The van der Waals surface area contributed by atoms with Crippen LogP contribution < -0.4 is 10.6 Å². The molecule has 0 aromatic heterocycles. The fourth-order valence-corrected chi connectivity index (χ4v) is 1.40. The molecule has 4 heteroatoms. The summed E-state index contributed by atoms with van der Waals surface area (Å²) in [5.74, 6) is 0. The van der Waals surface area contributed by atoms with E-state index in [9.17, 15) is 5.11 Å². The number of nitrogens with one attached hydrogen (secondary N) is 2. The Morgan fingerprint density at radius 1 is 1.42 bits per heavy atom. The summed E-state index contributed by atoms with van der Waals surface area (Å²) in [6.07, 6.45) is -0.515. The number of fused-ring (bicyclic) bond motifs is 1. The van der Waals surface area contributed by atoms with Gasteiger partial charge in [-0.1, -0.05) is 11.6 Å². The largest absolute Gasteiger partial charge is 0.379 e. The predicted molar refractivity (Wildman–Crippen MR) is 49.6 cm³/mol. The minimum atomic E-state index is -0.515. The molecule has 0 aliphatic carbocycles. The van der Waals surface area contributed by atoms with Crippen LogP contribution in [-0.4, -0.2) is 17.9 Å². The van der Waals surface area contributed by atoms with Gasteiger partial charge in [-0.2, -0.15) is 0 Å². The highest BCUT2D eigenvalue weighted by atomic mass is 35.5. The van der Waals surface area contributed by atoms with Crippen LogP contribution in [-0.2, 0) is 0 Å². The predicted octanol–water partition coefficient (Wildman–Crippen LogP) is 1.50. The van der Waals surface area contributed by atoms with E-state index < -0.39 is 6.23 Å². The maximum atomic E-state index is 9.22. The van der Waals surface area contributed by atoms with E-state index in [1.165, 1.54) is 0 Å². The van der Waals surface area contributed by atoms with Gasteiger partial charge < -0.3 is 15.7 Å². The molecule has 0 fully saturated rings. The average Bonchev–Trinajstić information content (AvgIpc) is 2.05. The minimum absolute atomic E-state index is 0.507. The molecule has 64 valence electrons. The Bertz CT molecular complexity index is 303. The molecule has 0 saturated carbocycles. The molecule has 3 N–H and O–H groups in total. The van der Waals surface area contributed by atoms with Crippen molar-refractivity contribution in [3.05, 3.63) is 23.2 Å². The van der Waals surface area contributed by atoms with Crippen molar-refractivity contribution in [2.24, 2.45) is 0 Å². The fraction of sp³-hybridized carbons (Fsp3) is 0.250. The first-order valence-electron chi connectivity index (χ1n) is 3.74. The topological polar surface area (TPSA) is 44.3 Å². The first-order chi connectivity index (χ1) is 5.75. The van der Waals surface area contributed by atoms with E-state index in [0.717, 1.165) is 11.4 Å². The summed E-state index contributed by atoms with van der Waals surface area (Å²) in [5, 5.41) is 15.9. The fourth-order valence-electron chi connectivity index (χ4n) is 1.23. The van der Waals surface area contributed by atoms with Gasteiger partial charge in [-0.15, -0.1) is 0 Å². The molecule has 0 saturated heterocycles. The zero-order chi connectivity index (χ0) is 8.55. The lowest BCUT2D eigenvalue weighted by Gasteiger charge is -2.24. The van der Waals surface area contributed by atoms with E-state index in [2.05, 4.69) is 10.6 Å². The summed E-state index contributed by atoms with van der Waals surface area (Å²) in [6, 6.07) is 5.45. The lowest BCUT2D eigenvalue weighted by Crippen LogP contribution is -2.32. The van der Waals surface area contributed by atoms with Gasteiger partial charge in [-0.3, -0.25) is 0 Å². The highest BCUT2D eigenvalue weighted by Gasteiger charge is 2.13. The van der Waals surface area contributed by atoms with Crippen LogP contribution >= 0.6 is 11.6 Å². The van der Waals surface area contributed by atoms with E-state index in [4.69, 9.17) is 11.6 Å². The van der Waals surface area contributed by atoms with Crippen molar-refractivity contribution in [1.82, 2.24) is 0 Å². The normalized spacial score (nSPS) is 20.7. The Labute approximate surface area is 75.4 Å². The lowest BCUT2D eigenvalue weighted by atomic mass is 10.2. The number of β-amino-alcohol motifs (C(OH)–C–C–N with tert-alkyl or cyclic N) is 1. The zero-order valence-corrected chi connectivity index (χ0v) is 7.10. The van der Waals surface area contributed by atoms with E-state index in [0.29, 0.717) is 11.6 Å². The number of anilines is 2. The standard InChI is InChI=1S/C8H9ClN2O/c9-5-1-2-6-7(3-5)10-4-8(12)11-6/h1-3,8,10-12H,4H2/t8-/m0/s1. The molecule has 1 aliphatic heterocycles. The van der Waals surface area contributed by atoms with E-state index in [1.54, 1.807) is 6.07 Å². The zero-order valence-electron chi connectivity index (χ0n) is 6.34. The molecular weight excluding hydrogens is 176 g/mol. The SMILES string of the molecule is O[C@H]1CNc2cc(Cl)ccc2N1. The Kier molecular flexibility index (Phi) is 1.83. The Morgan fingerprint density at radius 2 is 2.25 bits per heavy atom. The summed E-state index contributed by atoms with van der Waals surface area (Å²) in [5.41, 5.74) is 1.82. The summed E-state index contributed by atoms with van der Waals surface area (Å²) in [4.78, 5) is 0. The van der Waals surface area contributed by atoms with Crippen molar-refractivity contribution in [3.63, 3.8) is 0 Å². The van der Waals surface area contributed by atoms with Crippen molar-refractivity contribution in [2.75, 3.05) is 17.2 Å². The minimum Gasteiger partial charge on any atom is -0.379 e. The van der Waals surface area contributed by atoms with Crippen LogP contribution in [0.1, 0.15) is 0 Å². The monoisotopic (exact) mass is 184 g/mol. The van der Waals surface area contributed by atoms with Crippen molar-refractivity contribution >= 4 is 23.0 Å². The molecule has 12 heavy (non-hydrogen) atoms. The molecular formula is C8H9ClN2O. The summed E-state index contributed by atoms with van der Waals surface area (Å²) < 4.78 is 0. The number of aliphatic hydroxyl groups excluding tert-OH is 1. The van der Waals surface area contributed by atoms with Crippen LogP contribution in [0.25, 0.3) is 0 Å². The van der Waals surface area contributed by atoms with Crippen LogP contribution in [0.4, 0.5) is 11.4 Å². The molecule has 2 rings (SSSR count). The van der Waals surface area contributed by atoms with E-state index in [1.807, 2.05) is 12.1 Å². The van der Waals surface area contributed by atoms with Gasteiger partial charge >= 0.3 is 0 Å². The highest BCUT2D eigenvalue weighted by Crippen LogP contribution is 2.28. The van der Waals surface area contributed by atoms with Crippen molar-refractivity contribution in [3.8, 4) is 0 Å². The van der Waals surface area contributed by atoms with Gasteiger partial charge in [0.05, 0.1) is 17.9 Å². The lowest BCUT2D eigenvalue weighted by molar-refractivity contribution is 0.214. The summed E-state index contributed by atoms with van der Waals surface area (Å²) >= 11 is 5.78. The molecule has 1 aromatic carbocycles. The first-order valence-corrected chi connectivity index (χ1v) is 4.11. The Balaban J connectivity index is 2.37. The molecule has 0 amide bonds. The van der Waals surface area contributed by atoms with Crippen LogP contribution in [0, 0.1) is 0 Å². The first kappa shape index (κ1) is 7.71. The molecule has 3 nitrogen and oxygen atoms in total. The highest BCUT2D eigenvalue weighted by molar-refractivity contribution is 6.31. The number of aliphatic hydroxyl groups is 1. The van der Waals surface area contributed by atoms with Crippen LogP contribution in [0.15, 0.2) is 18.2 Å². The second-order valence-corrected chi connectivity index (χ2v) is 3.17. The number of halogens is 1. The summed E-state index contributed by atoms with van der Waals surface area (Å²) in [6.45, 7) is 0.507. The second-order valence-electron chi connectivity index (χ2n) is 2.73. The smallest absolute Gasteiger partial charge is 0.141 e. The molecule has 1 atom stereocenters. The molecule has 1 aliphatic rings. The number of hydrogen-bond donors (Lipinski definition) is 3. The van der Waals surface area contributed by atoms with E-state index >= 15 is 0 Å². The van der Waals surface area contributed by atoms with Crippen molar-refractivity contribution in [2.45, 2.75) is 6.23 Å². The van der Waals surface area contributed by atoms with Crippen LogP contribution in [0.2, 0.25) is 5.02 Å². The Hall–Kier alpha value is -0.930. The Morgan fingerprint density at radius 3 is 3.08 bits per heavy atom. The quantitative estimate of drug-likeness (QED) is 0.573. The van der Waals surface area contributed by atoms with Gasteiger partial charge in [0.15, 0.2) is 0 Å². The third-order valence-corrected chi connectivity index (χ3v) is 2.02. The number of hydrogen-bond acceptors (Lipinski definition) is 3. The van der Waals surface area contributed by atoms with Gasteiger partial charge in [-0.25, -0.2) is 0 Å². The second kappa shape index (κ2) is 2.84. The van der Waals surface area contributed by atoms with Gasteiger partial charge in [0.25, 0.3) is 0 Å². The van der Waals surface area contributed by atoms with Gasteiger partial charge in [0.1, 0.15) is 6.23 Å². The van der Waals surface area contributed by atoms with Gasteiger partial charge in [0.2, 0.25) is 0 Å². The number of benzene rings is 1. The van der Waals surface area contributed by atoms with Gasteiger partial charge in [-0.05, 0) is 18.2 Å². The van der Waals surface area contributed by atoms with Crippen LogP contribution in [0.3, 0.4) is 0 Å². The molecule has 1 aromatic rings. The van der Waals surface area contributed by atoms with E-state index in [-0.39, 0.29) is 0 Å². The molecule has 0 spiro atoms. The van der Waals surface area contributed by atoms with Crippen LogP contribution in [0.5, 0.6) is 0 Å². The third kappa shape index (κ3) is 1.33. The maximum absolute atomic E-state index is 9.22. The maximum Gasteiger partial charge on any atom is 0.141 e. The summed E-state index contributed by atoms with van der Waals surface area (Å²) in [7, 11) is 0. The third-order valence-electron chi connectivity index (χ3n) is 1.79. The molecule has 0 radical (unpaired) electrons. The molecule has 0 bridgehead atoms. The van der Waals surface area contributed by atoms with Gasteiger partial charge in [0, 0.05) is 5.02 Å². The number of rotatable bonds is 0.